The first-order chi connectivity index (χ1) is 8.76. The van der Waals surface area contributed by atoms with Crippen molar-refractivity contribution in [3.8, 4) is 6.07 Å². The Morgan fingerprint density at radius 2 is 2.06 bits per heavy atom. The van der Waals surface area contributed by atoms with E-state index in [1.807, 2.05) is 12.3 Å². The van der Waals surface area contributed by atoms with Crippen molar-refractivity contribution in [1.29, 1.82) is 5.26 Å². The molecule has 1 aromatic heterocycles. The van der Waals surface area contributed by atoms with E-state index in [9.17, 15) is 0 Å². The topological polar surface area (TPSA) is 52.0 Å². The van der Waals surface area contributed by atoms with Crippen LogP contribution in [0.1, 0.15) is 31.4 Å². The second kappa shape index (κ2) is 4.58. The Hall–Kier alpha value is -1.60. The summed E-state index contributed by atoms with van der Waals surface area (Å²) < 4.78 is 0. The Kier molecular flexibility index (Phi) is 2.92. The fourth-order valence-corrected chi connectivity index (χ4v) is 3.22. The molecule has 3 rings (SSSR count). The van der Waals surface area contributed by atoms with Gasteiger partial charge in [-0.05, 0) is 37.8 Å². The van der Waals surface area contributed by atoms with Crippen molar-refractivity contribution in [2.45, 2.75) is 43.8 Å². The van der Waals surface area contributed by atoms with Crippen molar-refractivity contribution in [3.05, 3.63) is 24.0 Å². The van der Waals surface area contributed by atoms with Crippen molar-refractivity contribution >= 4 is 5.69 Å². The summed E-state index contributed by atoms with van der Waals surface area (Å²) in [6.07, 6.45) is 6.88. The summed E-state index contributed by atoms with van der Waals surface area (Å²) in [5.74, 6) is 0. The highest BCUT2D eigenvalue weighted by atomic mass is 15.2. The molecule has 1 aromatic rings. The fourth-order valence-electron chi connectivity index (χ4n) is 3.22. The van der Waals surface area contributed by atoms with Crippen LogP contribution in [0.4, 0.5) is 5.69 Å². The first kappa shape index (κ1) is 11.5. The lowest BCUT2D eigenvalue weighted by molar-refractivity contribution is 0.354. The highest BCUT2D eigenvalue weighted by molar-refractivity contribution is 5.46. The monoisotopic (exact) mass is 242 g/mol. The van der Waals surface area contributed by atoms with Gasteiger partial charge in [0.2, 0.25) is 0 Å². The average Bonchev–Trinajstić information content (AvgIpc) is 2.77. The molecule has 2 bridgehead atoms. The summed E-state index contributed by atoms with van der Waals surface area (Å²) in [4.78, 5) is 6.47. The van der Waals surface area contributed by atoms with Crippen LogP contribution in [0.5, 0.6) is 0 Å². The van der Waals surface area contributed by atoms with E-state index >= 15 is 0 Å². The average molecular weight is 242 g/mol. The number of hydrogen-bond donors (Lipinski definition) is 1. The van der Waals surface area contributed by atoms with Crippen molar-refractivity contribution in [2.75, 3.05) is 11.9 Å². The van der Waals surface area contributed by atoms with E-state index in [-0.39, 0.29) is 0 Å². The smallest absolute Gasteiger partial charge is 0.140 e. The van der Waals surface area contributed by atoms with E-state index < -0.39 is 0 Å². The first-order valence-corrected chi connectivity index (χ1v) is 6.61. The minimum absolute atomic E-state index is 0.484. The van der Waals surface area contributed by atoms with E-state index in [2.05, 4.69) is 28.3 Å². The molecule has 3 heterocycles. The van der Waals surface area contributed by atoms with Crippen LogP contribution in [0, 0.1) is 11.3 Å². The lowest BCUT2D eigenvalue weighted by Crippen LogP contribution is -2.47. The van der Waals surface area contributed by atoms with Gasteiger partial charge in [-0.1, -0.05) is 0 Å². The number of piperidine rings is 1. The van der Waals surface area contributed by atoms with Crippen molar-refractivity contribution < 1.29 is 0 Å². The van der Waals surface area contributed by atoms with Gasteiger partial charge in [0, 0.05) is 25.2 Å². The minimum atomic E-state index is 0.484. The number of nitrogens with zero attached hydrogens (tertiary/aromatic N) is 3. The molecule has 4 nitrogen and oxygen atoms in total. The second-order valence-electron chi connectivity index (χ2n) is 5.39. The Morgan fingerprint density at radius 1 is 1.33 bits per heavy atom. The molecule has 2 aliphatic heterocycles. The Morgan fingerprint density at radius 3 is 2.61 bits per heavy atom. The molecule has 2 aliphatic rings. The van der Waals surface area contributed by atoms with Gasteiger partial charge in [0.05, 0.1) is 11.9 Å². The first-order valence-electron chi connectivity index (χ1n) is 6.61. The number of hydrogen-bond acceptors (Lipinski definition) is 4. The highest BCUT2D eigenvalue weighted by Crippen LogP contribution is 2.31. The van der Waals surface area contributed by atoms with Crippen LogP contribution in [0.25, 0.3) is 0 Å². The molecule has 2 saturated heterocycles. The third kappa shape index (κ3) is 2.06. The van der Waals surface area contributed by atoms with Gasteiger partial charge in [0.1, 0.15) is 11.8 Å². The summed E-state index contributed by atoms with van der Waals surface area (Å²) in [5, 5.41) is 12.4. The fraction of sp³-hybridized carbons (Fsp3) is 0.571. The van der Waals surface area contributed by atoms with Crippen molar-refractivity contribution in [2.24, 2.45) is 0 Å². The minimum Gasteiger partial charge on any atom is -0.370 e. The quantitative estimate of drug-likeness (QED) is 0.857. The van der Waals surface area contributed by atoms with Crippen LogP contribution in [-0.4, -0.2) is 30.2 Å². The van der Waals surface area contributed by atoms with Gasteiger partial charge in [-0.3, -0.25) is 0 Å². The van der Waals surface area contributed by atoms with Crippen molar-refractivity contribution in [1.82, 2.24) is 10.3 Å². The number of rotatable bonds is 2. The number of anilines is 1. The molecular weight excluding hydrogens is 224 g/mol. The summed E-state index contributed by atoms with van der Waals surface area (Å²) in [5.41, 5.74) is 1.60. The zero-order chi connectivity index (χ0) is 12.5. The standard InChI is InChI=1S/C14H18N4/c1-18(13-5-4-12(8-15)16-9-13)14-6-10-2-3-11(7-14)17-10/h4-5,9-11,14,17H,2-3,6-7H2,1H3. The number of fused-ring (bicyclic) bond motifs is 2. The highest BCUT2D eigenvalue weighted by Gasteiger charge is 2.35. The van der Waals surface area contributed by atoms with Crippen LogP contribution in [0.2, 0.25) is 0 Å². The van der Waals surface area contributed by atoms with Gasteiger partial charge in [-0.25, -0.2) is 4.98 Å². The maximum atomic E-state index is 8.76. The third-order valence-corrected chi connectivity index (χ3v) is 4.27. The van der Waals surface area contributed by atoms with E-state index in [4.69, 9.17) is 5.26 Å². The Balaban J connectivity index is 1.73. The van der Waals surface area contributed by atoms with Crippen LogP contribution in [0.3, 0.4) is 0 Å². The number of nitriles is 1. The van der Waals surface area contributed by atoms with E-state index in [0.29, 0.717) is 23.8 Å². The van der Waals surface area contributed by atoms with Gasteiger partial charge in [0.15, 0.2) is 0 Å². The molecule has 18 heavy (non-hydrogen) atoms. The molecule has 2 unspecified atom stereocenters. The largest absolute Gasteiger partial charge is 0.370 e. The van der Waals surface area contributed by atoms with Crippen LogP contribution in [-0.2, 0) is 0 Å². The lowest BCUT2D eigenvalue weighted by Gasteiger charge is -2.36. The predicted molar refractivity (Wildman–Crippen MR) is 70.3 cm³/mol. The van der Waals surface area contributed by atoms with Gasteiger partial charge < -0.3 is 10.2 Å². The summed E-state index contributed by atoms with van der Waals surface area (Å²) in [6, 6.07) is 7.84. The molecular formula is C14H18N4. The van der Waals surface area contributed by atoms with Crippen LogP contribution in [0.15, 0.2) is 18.3 Å². The summed E-state index contributed by atoms with van der Waals surface area (Å²) in [7, 11) is 2.14. The lowest BCUT2D eigenvalue weighted by atomic mass is 9.98. The number of nitrogens with one attached hydrogen (secondary N) is 1. The third-order valence-electron chi connectivity index (χ3n) is 4.27. The Bertz CT molecular complexity index is 450. The van der Waals surface area contributed by atoms with E-state index in [1.54, 1.807) is 6.07 Å². The van der Waals surface area contributed by atoms with Crippen LogP contribution < -0.4 is 10.2 Å². The predicted octanol–water partition coefficient (Wildman–Crippen LogP) is 1.67. The molecule has 2 atom stereocenters. The van der Waals surface area contributed by atoms with Gasteiger partial charge in [-0.15, -0.1) is 0 Å². The zero-order valence-corrected chi connectivity index (χ0v) is 10.6. The molecule has 0 saturated carbocycles. The molecule has 2 fully saturated rings. The summed E-state index contributed by atoms with van der Waals surface area (Å²) >= 11 is 0. The van der Waals surface area contributed by atoms with E-state index in [1.165, 1.54) is 25.7 Å². The van der Waals surface area contributed by atoms with Gasteiger partial charge in [0.25, 0.3) is 0 Å². The SMILES string of the molecule is CN(c1ccc(C#N)nc1)C1CC2CCC(C1)N2. The number of aromatic nitrogens is 1. The maximum absolute atomic E-state index is 8.76. The van der Waals surface area contributed by atoms with Crippen LogP contribution >= 0.6 is 0 Å². The molecule has 0 aromatic carbocycles. The van der Waals surface area contributed by atoms with Gasteiger partial charge in [-0.2, -0.15) is 5.26 Å². The van der Waals surface area contributed by atoms with E-state index in [0.717, 1.165) is 5.69 Å². The molecule has 0 aliphatic carbocycles. The molecule has 0 amide bonds. The second-order valence-corrected chi connectivity index (χ2v) is 5.39. The molecule has 1 N–H and O–H groups in total. The number of pyridine rings is 1. The van der Waals surface area contributed by atoms with Gasteiger partial charge >= 0.3 is 0 Å². The maximum Gasteiger partial charge on any atom is 0.140 e. The normalized spacial score (nSPS) is 29.9. The van der Waals surface area contributed by atoms with Crippen molar-refractivity contribution in [3.63, 3.8) is 0 Å². The molecule has 94 valence electrons. The summed E-state index contributed by atoms with van der Waals surface area (Å²) in [6.45, 7) is 0. The molecule has 4 heteroatoms. The molecule has 0 spiro atoms. The Labute approximate surface area is 108 Å². The zero-order valence-electron chi connectivity index (χ0n) is 10.6. The molecule has 0 radical (unpaired) electrons.